The number of hydrogen-bond donors (Lipinski definition) is 2. The summed E-state index contributed by atoms with van der Waals surface area (Å²) in [6, 6.07) is 21.7. The van der Waals surface area contributed by atoms with Crippen molar-refractivity contribution in [1.29, 1.82) is 0 Å². The largest absolute Gasteiger partial charge is 0.482 e. The van der Waals surface area contributed by atoms with Gasteiger partial charge in [0.15, 0.2) is 6.61 Å². The van der Waals surface area contributed by atoms with E-state index in [-0.39, 0.29) is 18.4 Å². The van der Waals surface area contributed by atoms with Crippen molar-refractivity contribution < 1.29 is 14.3 Å². The molecule has 7 nitrogen and oxygen atoms in total. The summed E-state index contributed by atoms with van der Waals surface area (Å²) in [7, 11) is 0. The maximum atomic E-state index is 12.3. The molecule has 1 fully saturated rings. The van der Waals surface area contributed by atoms with E-state index < -0.39 is 0 Å². The molecule has 2 amide bonds. The van der Waals surface area contributed by atoms with Crippen LogP contribution in [0.2, 0.25) is 5.02 Å². The van der Waals surface area contributed by atoms with Crippen LogP contribution in [0.5, 0.6) is 5.75 Å². The zero-order chi connectivity index (χ0) is 23.8. The van der Waals surface area contributed by atoms with E-state index in [0.717, 1.165) is 18.8 Å². The molecule has 0 unspecified atom stereocenters. The van der Waals surface area contributed by atoms with Gasteiger partial charge < -0.3 is 15.0 Å². The number of benzene rings is 3. The number of amides is 2. The summed E-state index contributed by atoms with van der Waals surface area (Å²) in [4.78, 5) is 26.7. The van der Waals surface area contributed by atoms with Gasteiger partial charge in [0.1, 0.15) is 5.75 Å². The number of halogens is 1. The first-order valence-electron chi connectivity index (χ1n) is 11.0. The summed E-state index contributed by atoms with van der Waals surface area (Å²) in [6.45, 7) is 1.95. The average molecular weight is 477 g/mol. The molecule has 1 saturated heterocycles. The van der Waals surface area contributed by atoms with Crippen molar-refractivity contribution in [3.05, 3.63) is 88.9 Å². The Morgan fingerprint density at radius 2 is 1.74 bits per heavy atom. The van der Waals surface area contributed by atoms with Gasteiger partial charge in [-0.25, -0.2) is 5.43 Å². The van der Waals surface area contributed by atoms with Crippen LogP contribution in [0.3, 0.4) is 0 Å². The molecule has 34 heavy (non-hydrogen) atoms. The molecule has 8 heteroatoms. The van der Waals surface area contributed by atoms with E-state index in [9.17, 15) is 9.59 Å². The zero-order valence-corrected chi connectivity index (χ0v) is 19.3. The smallest absolute Gasteiger partial charge is 0.271 e. The van der Waals surface area contributed by atoms with Gasteiger partial charge >= 0.3 is 0 Å². The van der Waals surface area contributed by atoms with Gasteiger partial charge in [0.25, 0.3) is 11.8 Å². The zero-order valence-electron chi connectivity index (χ0n) is 18.5. The van der Waals surface area contributed by atoms with Gasteiger partial charge in [0.05, 0.1) is 11.2 Å². The number of nitrogens with zero attached hydrogens (tertiary/aromatic N) is 2. The molecule has 0 saturated carbocycles. The van der Waals surface area contributed by atoms with Gasteiger partial charge in [-0.05, 0) is 73.0 Å². The summed E-state index contributed by atoms with van der Waals surface area (Å²) in [5.74, 6) is -0.201. The number of nitrogens with one attached hydrogen (secondary N) is 2. The Hall–Kier alpha value is -3.84. The molecule has 1 aliphatic heterocycles. The normalized spacial score (nSPS) is 13.1. The van der Waals surface area contributed by atoms with Gasteiger partial charge in [-0.3, -0.25) is 9.59 Å². The molecule has 0 atom stereocenters. The standard InChI is InChI=1S/C26H25ClN4O3/c27-23-16-19(8-13-24(23)34-18-25(32)29-21-6-2-1-3-7-21)17-28-30-26(33)20-9-11-22(12-10-20)31-14-4-5-15-31/h1-3,6-13,16-17H,4-5,14-15,18H2,(H,29,32)(H,30,33)/b28-17-. The number of ether oxygens (including phenoxy) is 1. The van der Waals surface area contributed by atoms with Gasteiger partial charge in [0, 0.05) is 30.0 Å². The number of hydrogen-bond acceptors (Lipinski definition) is 5. The third kappa shape index (κ3) is 6.36. The second-order valence-corrected chi connectivity index (χ2v) is 8.24. The summed E-state index contributed by atoms with van der Waals surface area (Å²) >= 11 is 6.27. The molecule has 0 radical (unpaired) electrons. The molecule has 174 valence electrons. The topological polar surface area (TPSA) is 83.0 Å². The lowest BCUT2D eigenvalue weighted by atomic mass is 10.2. The predicted molar refractivity (Wildman–Crippen MR) is 135 cm³/mol. The van der Waals surface area contributed by atoms with Crippen LogP contribution in [0.1, 0.15) is 28.8 Å². The molecule has 4 rings (SSSR count). The summed E-state index contributed by atoms with van der Waals surface area (Å²) in [5.41, 5.74) is 5.56. The number of hydrazone groups is 1. The molecular formula is C26H25ClN4O3. The van der Waals surface area contributed by atoms with E-state index in [1.807, 2.05) is 30.3 Å². The third-order valence-corrected chi connectivity index (χ3v) is 5.65. The summed E-state index contributed by atoms with van der Waals surface area (Å²) in [5, 5.41) is 7.09. The molecule has 2 N–H and O–H groups in total. The fraction of sp³-hybridized carbons (Fsp3) is 0.192. The third-order valence-electron chi connectivity index (χ3n) is 5.35. The molecule has 3 aromatic rings. The maximum absolute atomic E-state index is 12.3. The summed E-state index contributed by atoms with van der Waals surface area (Å²) < 4.78 is 5.51. The van der Waals surface area contributed by atoms with Crippen molar-refractivity contribution in [2.45, 2.75) is 12.8 Å². The Kier molecular flexibility index (Phi) is 7.78. The summed E-state index contributed by atoms with van der Waals surface area (Å²) in [6.07, 6.45) is 3.91. The quantitative estimate of drug-likeness (QED) is 0.364. The lowest BCUT2D eigenvalue weighted by Gasteiger charge is -2.17. The Labute approximate surface area is 203 Å². The van der Waals surface area contributed by atoms with Crippen molar-refractivity contribution >= 4 is 41.0 Å². The van der Waals surface area contributed by atoms with Gasteiger partial charge in [-0.1, -0.05) is 29.8 Å². The number of rotatable bonds is 8. The molecule has 0 bridgehead atoms. The van der Waals surface area contributed by atoms with E-state index in [1.165, 1.54) is 19.1 Å². The highest BCUT2D eigenvalue weighted by molar-refractivity contribution is 6.32. The van der Waals surface area contributed by atoms with E-state index >= 15 is 0 Å². The first-order valence-corrected chi connectivity index (χ1v) is 11.4. The van der Waals surface area contributed by atoms with Gasteiger partial charge in [0.2, 0.25) is 0 Å². The molecule has 1 heterocycles. The lowest BCUT2D eigenvalue weighted by molar-refractivity contribution is -0.118. The van der Waals surface area contributed by atoms with Crippen LogP contribution < -0.4 is 20.4 Å². The Morgan fingerprint density at radius 3 is 2.44 bits per heavy atom. The minimum Gasteiger partial charge on any atom is -0.482 e. The highest BCUT2D eigenvalue weighted by Crippen LogP contribution is 2.25. The van der Waals surface area contributed by atoms with Gasteiger partial charge in [-0.15, -0.1) is 0 Å². The van der Waals surface area contributed by atoms with Gasteiger partial charge in [-0.2, -0.15) is 5.10 Å². The minimum absolute atomic E-state index is 0.172. The fourth-order valence-electron chi connectivity index (χ4n) is 3.61. The second kappa shape index (κ2) is 11.3. The molecule has 3 aromatic carbocycles. The first kappa shape index (κ1) is 23.3. The van der Waals surface area contributed by atoms with E-state index in [4.69, 9.17) is 16.3 Å². The molecular weight excluding hydrogens is 452 g/mol. The lowest BCUT2D eigenvalue weighted by Crippen LogP contribution is -2.20. The van der Waals surface area contributed by atoms with Crippen LogP contribution in [-0.4, -0.2) is 37.7 Å². The fourth-order valence-corrected chi connectivity index (χ4v) is 3.85. The number of carbonyl (C=O) groups is 2. The Morgan fingerprint density at radius 1 is 1.00 bits per heavy atom. The van der Waals surface area contributed by atoms with Crippen LogP contribution in [0.25, 0.3) is 0 Å². The van der Waals surface area contributed by atoms with Crippen molar-refractivity contribution in [1.82, 2.24) is 5.43 Å². The Balaban J connectivity index is 1.26. The van der Waals surface area contributed by atoms with Crippen LogP contribution in [0.4, 0.5) is 11.4 Å². The second-order valence-electron chi connectivity index (χ2n) is 7.83. The monoisotopic (exact) mass is 476 g/mol. The number of anilines is 2. The molecule has 0 aliphatic carbocycles. The van der Waals surface area contributed by atoms with Crippen LogP contribution in [0.15, 0.2) is 77.9 Å². The van der Waals surface area contributed by atoms with Crippen LogP contribution in [-0.2, 0) is 4.79 Å². The van der Waals surface area contributed by atoms with E-state index in [0.29, 0.717) is 27.6 Å². The highest BCUT2D eigenvalue weighted by Gasteiger charge is 2.13. The number of carbonyl (C=O) groups excluding carboxylic acids is 2. The van der Waals surface area contributed by atoms with Crippen LogP contribution >= 0.6 is 11.6 Å². The molecule has 0 spiro atoms. The number of para-hydroxylation sites is 1. The average Bonchev–Trinajstić information content (AvgIpc) is 3.39. The van der Waals surface area contributed by atoms with Crippen molar-refractivity contribution in [3.63, 3.8) is 0 Å². The highest BCUT2D eigenvalue weighted by atomic mass is 35.5. The van der Waals surface area contributed by atoms with Crippen LogP contribution in [0, 0.1) is 0 Å². The van der Waals surface area contributed by atoms with E-state index in [1.54, 1.807) is 42.5 Å². The molecule has 1 aliphatic rings. The van der Waals surface area contributed by atoms with Crippen molar-refractivity contribution in [2.75, 3.05) is 29.9 Å². The SMILES string of the molecule is O=C(COc1ccc(/C=N\NC(=O)c2ccc(N3CCCC3)cc2)cc1Cl)Nc1ccccc1. The predicted octanol–water partition coefficient (Wildman–Crippen LogP) is 4.72. The Bertz CT molecular complexity index is 1160. The van der Waals surface area contributed by atoms with E-state index in [2.05, 4.69) is 20.7 Å². The first-order chi connectivity index (χ1) is 16.6. The van der Waals surface area contributed by atoms with Crippen molar-refractivity contribution in [3.8, 4) is 5.75 Å². The minimum atomic E-state index is -0.292. The molecule has 0 aromatic heterocycles. The maximum Gasteiger partial charge on any atom is 0.271 e. The van der Waals surface area contributed by atoms with Crippen molar-refractivity contribution in [2.24, 2.45) is 5.10 Å².